The van der Waals surface area contributed by atoms with Crippen LogP contribution in [0.25, 0.3) is 10.8 Å². The number of rotatable bonds is 4. The maximum absolute atomic E-state index is 11.0. The molecule has 0 saturated carbocycles. The molecule has 0 aromatic heterocycles. The number of aliphatic hydroxyl groups excluding tert-OH is 1. The first-order valence-corrected chi connectivity index (χ1v) is 6.70. The van der Waals surface area contributed by atoms with E-state index in [0.29, 0.717) is 11.1 Å². The van der Waals surface area contributed by atoms with Gasteiger partial charge in [-0.1, -0.05) is 12.1 Å². The van der Waals surface area contributed by atoms with Gasteiger partial charge in [-0.15, -0.1) is 0 Å². The Morgan fingerprint density at radius 3 is 2.32 bits per heavy atom. The van der Waals surface area contributed by atoms with Crippen molar-refractivity contribution in [2.45, 2.75) is 4.90 Å². The molecular weight excluding hydrogens is 295 g/mol. The number of fused-ring (bicyclic) bond motifs is 1. The summed E-state index contributed by atoms with van der Waals surface area (Å²) in [6.45, 7) is 0.133. The molecule has 0 unspecified atom stereocenters. The Morgan fingerprint density at radius 2 is 1.68 bits per heavy atom. The second-order valence-electron chi connectivity index (χ2n) is 3.72. The summed E-state index contributed by atoms with van der Waals surface area (Å²) >= 11 is 0. The standard InChI is InChI=1S/C12H12O5S.K.H/c13-5-6-17-11-3-1-10-8-12(18(14,15)16)4-2-9(10)7-11;;/h1-4,7-8,13H,5-6H2,(H,14,15,16);;. The monoisotopic (exact) mass is 308 g/mol. The van der Waals surface area contributed by atoms with Crippen LogP contribution in [0.15, 0.2) is 41.3 Å². The normalized spacial score (nSPS) is 11.1. The zero-order valence-corrected chi connectivity index (χ0v) is 10.2. The summed E-state index contributed by atoms with van der Waals surface area (Å²) in [6.07, 6.45) is 0. The molecule has 5 nitrogen and oxygen atoms in total. The molecule has 19 heavy (non-hydrogen) atoms. The first-order valence-electron chi connectivity index (χ1n) is 5.26. The van der Waals surface area contributed by atoms with E-state index >= 15 is 0 Å². The Labute approximate surface area is 153 Å². The van der Waals surface area contributed by atoms with Crippen molar-refractivity contribution < 1.29 is 22.8 Å². The molecule has 0 heterocycles. The third-order valence-corrected chi connectivity index (χ3v) is 3.29. The van der Waals surface area contributed by atoms with Gasteiger partial charge in [0.05, 0.1) is 11.5 Å². The fourth-order valence-corrected chi connectivity index (χ4v) is 2.13. The zero-order chi connectivity index (χ0) is 13.2. The molecule has 0 radical (unpaired) electrons. The van der Waals surface area contributed by atoms with Gasteiger partial charge in [0.2, 0.25) is 0 Å². The Kier molecular flexibility index (Phi) is 6.41. The van der Waals surface area contributed by atoms with Crippen LogP contribution in [-0.2, 0) is 10.1 Å². The summed E-state index contributed by atoms with van der Waals surface area (Å²) in [5.41, 5.74) is 0. The van der Waals surface area contributed by atoms with Gasteiger partial charge in [0, 0.05) is 0 Å². The number of ether oxygens (including phenoxy) is 1. The predicted octanol–water partition coefficient (Wildman–Crippen LogP) is 0.809. The van der Waals surface area contributed by atoms with Gasteiger partial charge in [-0.2, -0.15) is 8.42 Å². The van der Waals surface area contributed by atoms with Crippen molar-refractivity contribution in [2.24, 2.45) is 0 Å². The van der Waals surface area contributed by atoms with Crippen LogP contribution in [0.5, 0.6) is 5.75 Å². The van der Waals surface area contributed by atoms with Gasteiger partial charge >= 0.3 is 51.4 Å². The topological polar surface area (TPSA) is 83.8 Å². The Balaban J connectivity index is 0.00000180. The van der Waals surface area contributed by atoms with Gasteiger partial charge in [0.1, 0.15) is 12.4 Å². The minimum absolute atomic E-state index is 0. The fraction of sp³-hybridized carbons (Fsp3) is 0.167. The van der Waals surface area contributed by atoms with Crippen LogP contribution in [0.1, 0.15) is 0 Å². The average molecular weight is 308 g/mol. The number of hydrogen-bond acceptors (Lipinski definition) is 4. The Hall–Kier alpha value is 0.00636. The van der Waals surface area contributed by atoms with Crippen LogP contribution in [0.3, 0.4) is 0 Å². The molecule has 0 aliphatic carbocycles. The summed E-state index contributed by atoms with van der Waals surface area (Å²) < 4.78 is 36.2. The number of aliphatic hydroxyl groups is 1. The van der Waals surface area contributed by atoms with Gasteiger partial charge in [0.15, 0.2) is 0 Å². The molecular formula is C12H13KO5S. The molecule has 0 aliphatic heterocycles. The van der Waals surface area contributed by atoms with E-state index in [2.05, 4.69) is 0 Å². The van der Waals surface area contributed by atoms with E-state index in [9.17, 15) is 8.42 Å². The molecule has 0 amide bonds. The second kappa shape index (κ2) is 7.14. The third-order valence-electron chi connectivity index (χ3n) is 2.44. The summed E-state index contributed by atoms with van der Waals surface area (Å²) in [7, 11) is -4.18. The molecule has 7 heteroatoms. The van der Waals surface area contributed by atoms with E-state index in [1.54, 1.807) is 24.3 Å². The summed E-state index contributed by atoms with van der Waals surface area (Å²) in [5.74, 6) is 0.594. The molecule has 2 rings (SSSR count). The summed E-state index contributed by atoms with van der Waals surface area (Å²) in [4.78, 5) is -0.140. The quantitative estimate of drug-likeness (QED) is 0.645. The van der Waals surface area contributed by atoms with Crippen molar-refractivity contribution in [3.8, 4) is 5.75 Å². The second-order valence-corrected chi connectivity index (χ2v) is 5.14. The van der Waals surface area contributed by atoms with E-state index in [-0.39, 0.29) is 69.5 Å². The van der Waals surface area contributed by atoms with Crippen molar-refractivity contribution in [2.75, 3.05) is 13.2 Å². The van der Waals surface area contributed by atoms with Gasteiger partial charge in [-0.3, -0.25) is 4.55 Å². The van der Waals surface area contributed by atoms with E-state index in [0.717, 1.165) is 5.39 Å². The van der Waals surface area contributed by atoms with Crippen molar-refractivity contribution in [3.63, 3.8) is 0 Å². The van der Waals surface area contributed by atoms with E-state index in [1.807, 2.05) is 0 Å². The maximum atomic E-state index is 11.0. The van der Waals surface area contributed by atoms with Crippen LogP contribution < -0.4 is 4.74 Å². The Morgan fingerprint density at radius 1 is 1.05 bits per heavy atom. The third kappa shape index (κ3) is 4.50. The van der Waals surface area contributed by atoms with Crippen molar-refractivity contribution >= 4 is 72.3 Å². The SMILES string of the molecule is O=S(=O)(O)c1ccc2cc(OCCO)ccc2c1.[KH]. The van der Waals surface area contributed by atoms with Gasteiger partial charge in [-0.25, -0.2) is 0 Å². The fourth-order valence-electron chi connectivity index (χ4n) is 1.62. The molecule has 0 spiro atoms. The van der Waals surface area contributed by atoms with Crippen molar-refractivity contribution in [3.05, 3.63) is 36.4 Å². The molecule has 0 bridgehead atoms. The first-order chi connectivity index (χ1) is 8.50. The number of hydrogen-bond donors (Lipinski definition) is 2. The first kappa shape index (κ1) is 17.1. The average Bonchev–Trinajstić information content (AvgIpc) is 2.34. The van der Waals surface area contributed by atoms with E-state index in [4.69, 9.17) is 14.4 Å². The molecule has 2 aromatic carbocycles. The molecule has 2 aromatic rings. The van der Waals surface area contributed by atoms with E-state index < -0.39 is 10.1 Å². The van der Waals surface area contributed by atoms with Crippen LogP contribution in [-0.4, -0.2) is 82.7 Å². The van der Waals surface area contributed by atoms with Crippen LogP contribution >= 0.6 is 0 Å². The summed E-state index contributed by atoms with van der Waals surface area (Å²) in [5, 5.41) is 10.1. The van der Waals surface area contributed by atoms with Gasteiger partial charge < -0.3 is 9.84 Å². The van der Waals surface area contributed by atoms with Crippen LogP contribution in [0, 0.1) is 0 Å². The predicted molar refractivity (Wildman–Crippen MR) is 73.5 cm³/mol. The minimum atomic E-state index is -4.18. The van der Waals surface area contributed by atoms with Crippen LogP contribution in [0.2, 0.25) is 0 Å². The number of benzene rings is 2. The molecule has 0 atom stereocenters. The zero-order valence-electron chi connectivity index (χ0n) is 9.41. The molecule has 2 N–H and O–H groups in total. The van der Waals surface area contributed by atoms with E-state index in [1.165, 1.54) is 12.1 Å². The Bertz CT molecular complexity index is 669. The summed E-state index contributed by atoms with van der Waals surface area (Å²) in [6, 6.07) is 9.40. The van der Waals surface area contributed by atoms with Crippen LogP contribution in [0.4, 0.5) is 0 Å². The molecule has 0 saturated heterocycles. The molecule has 0 aliphatic rings. The van der Waals surface area contributed by atoms with Gasteiger partial charge in [0.25, 0.3) is 10.1 Å². The van der Waals surface area contributed by atoms with Gasteiger partial charge in [-0.05, 0) is 35.0 Å². The van der Waals surface area contributed by atoms with Crippen molar-refractivity contribution in [1.82, 2.24) is 0 Å². The molecule has 0 fully saturated rings. The molecule has 98 valence electrons. The van der Waals surface area contributed by atoms with Crippen molar-refractivity contribution in [1.29, 1.82) is 0 Å².